The smallest absolute Gasteiger partial charge is 0.253 e. The minimum atomic E-state index is -0.0469. The van der Waals surface area contributed by atoms with Crippen molar-refractivity contribution in [3.05, 3.63) is 45.7 Å². The topological polar surface area (TPSA) is 61.8 Å². The predicted molar refractivity (Wildman–Crippen MR) is 112 cm³/mol. The van der Waals surface area contributed by atoms with Crippen LogP contribution in [-0.4, -0.2) is 61.4 Å². The number of morpholine rings is 1. The number of fused-ring (bicyclic) bond motifs is 1. The van der Waals surface area contributed by atoms with Gasteiger partial charge in [0.25, 0.3) is 5.56 Å². The highest BCUT2D eigenvalue weighted by molar-refractivity contribution is 7.80. The highest BCUT2D eigenvalue weighted by Gasteiger charge is 2.18. The summed E-state index contributed by atoms with van der Waals surface area (Å²) in [6.07, 6.45) is 0.975. The second kappa shape index (κ2) is 9.30. The molecule has 1 aliphatic heterocycles. The molecule has 2 aromatic rings. The summed E-state index contributed by atoms with van der Waals surface area (Å²) in [4.78, 5) is 19.2. The molecule has 27 heavy (non-hydrogen) atoms. The fourth-order valence-electron chi connectivity index (χ4n) is 3.46. The van der Waals surface area contributed by atoms with Crippen molar-refractivity contribution in [2.24, 2.45) is 0 Å². The van der Waals surface area contributed by atoms with Gasteiger partial charge in [0.15, 0.2) is 5.11 Å². The van der Waals surface area contributed by atoms with Gasteiger partial charge >= 0.3 is 0 Å². The first kappa shape index (κ1) is 19.8. The van der Waals surface area contributed by atoms with E-state index in [1.165, 1.54) is 10.5 Å². The van der Waals surface area contributed by atoms with Crippen molar-refractivity contribution in [1.29, 1.82) is 0 Å². The maximum atomic E-state index is 12.6. The van der Waals surface area contributed by atoms with Crippen molar-refractivity contribution in [2.45, 2.75) is 19.9 Å². The summed E-state index contributed by atoms with van der Waals surface area (Å²) in [6.45, 7) is 8.11. The van der Waals surface area contributed by atoms with Crippen LogP contribution in [0.25, 0.3) is 10.9 Å². The number of aromatic nitrogens is 1. The number of ether oxygens (including phenoxy) is 1. The van der Waals surface area contributed by atoms with Crippen molar-refractivity contribution in [1.82, 2.24) is 15.2 Å². The van der Waals surface area contributed by atoms with Gasteiger partial charge in [0.2, 0.25) is 0 Å². The molecule has 1 aliphatic rings. The van der Waals surface area contributed by atoms with E-state index in [1.807, 2.05) is 19.2 Å². The van der Waals surface area contributed by atoms with Crippen LogP contribution in [0.15, 0.2) is 29.1 Å². The molecule has 1 aromatic carbocycles. The molecule has 0 saturated carbocycles. The summed E-state index contributed by atoms with van der Waals surface area (Å²) in [5.41, 5.74) is 2.83. The molecular weight excluding hydrogens is 360 g/mol. The Morgan fingerprint density at radius 1 is 1.33 bits per heavy atom. The molecular formula is C20H29N4O2S+. The summed E-state index contributed by atoms with van der Waals surface area (Å²) in [7, 11) is 1.83. The SMILES string of the molecule is CCc1ccc2[nH]c(=O)c(CN(CC[NH+]3CCOCC3)C(=S)NC)cc2c1. The van der Waals surface area contributed by atoms with Gasteiger partial charge in [0.05, 0.1) is 32.8 Å². The Balaban J connectivity index is 1.78. The summed E-state index contributed by atoms with van der Waals surface area (Å²) in [5.74, 6) is 0. The Morgan fingerprint density at radius 2 is 2.11 bits per heavy atom. The van der Waals surface area contributed by atoms with Gasteiger partial charge in [-0.1, -0.05) is 13.0 Å². The first-order chi connectivity index (χ1) is 13.1. The lowest BCUT2D eigenvalue weighted by molar-refractivity contribution is -0.907. The minimum Gasteiger partial charge on any atom is -0.370 e. The molecule has 3 N–H and O–H groups in total. The minimum absolute atomic E-state index is 0.0469. The maximum Gasteiger partial charge on any atom is 0.253 e. The van der Waals surface area contributed by atoms with Crippen molar-refractivity contribution >= 4 is 28.2 Å². The Bertz CT molecular complexity index is 845. The van der Waals surface area contributed by atoms with Gasteiger partial charge in [-0.3, -0.25) is 4.79 Å². The number of pyridine rings is 1. The molecule has 0 atom stereocenters. The van der Waals surface area contributed by atoms with Crippen LogP contribution in [0.2, 0.25) is 0 Å². The third-order valence-corrected chi connectivity index (χ3v) is 5.65. The Hall–Kier alpha value is -1.96. The summed E-state index contributed by atoms with van der Waals surface area (Å²) >= 11 is 5.49. The van der Waals surface area contributed by atoms with Gasteiger partial charge in [0, 0.05) is 18.1 Å². The van der Waals surface area contributed by atoms with Crippen molar-refractivity contribution < 1.29 is 9.64 Å². The van der Waals surface area contributed by atoms with Gasteiger partial charge in [-0.25, -0.2) is 0 Å². The van der Waals surface area contributed by atoms with Gasteiger partial charge in [-0.05, 0) is 47.8 Å². The molecule has 7 heteroatoms. The van der Waals surface area contributed by atoms with Gasteiger partial charge in [-0.2, -0.15) is 0 Å². The Morgan fingerprint density at radius 3 is 2.81 bits per heavy atom. The predicted octanol–water partition coefficient (Wildman–Crippen LogP) is 0.312. The monoisotopic (exact) mass is 389 g/mol. The van der Waals surface area contributed by atoms with E-state index in [-0.39, 0.29) is 5.56 Å². The number of aryl methyl sites for hydroxylation is 1. The number of H-pyrrole nitrogens is 1. The third kappa shape index (κ3) is 5.06. The third-order valence-electron chi connectivity index (χ3n) is 5.19. The summed E-state index contributed by atoms with van der Waals surface area (Å²) < 4.78 is 5.43. The van der Waals surface area contributed by atoms with E-state index in [0.717, 1.165) is 62.3 Å². The number of nitrogens with one attached hydrogen (secondary N) is 3. The van der Waals surface area contributed by atoms with Gasteiger partial charge in [-0.15, -0.1) is 0 Å². The molecule has 2 heterocycles. The van der Waals surface area contributed by atoms with Crippen LogP contribution in [0.5, 0.6) is 0 Å². The lowest BCUT2D eigenvalue weighted by atomic mass is 10.1. The van der Waals surface area contributed by atoms with Gasteiger partial charge < -0.3 is 24.8 Å². The first-order valence-corrected chi connectivity index (χ1v) is 10.0. The first-order valence-electron chi connectivity index (χ1n) is 9.63. The molecule has 0 radical (unpaired) electrons. The molecule has 0 aliphatic carbocycles. The van der Waals surface area contributed by atoms with Crippen LogP contribution in [-0.2, 0) is 17.7 Å². The number of thiocarbonyl (C=S) groups is 1. The van der Waals surface area contributed by atoms with E-state index in [4.69, 9.17) is 17.0 Å². The molecule has 0 spiro atoms. The van der Waals surface area contributed by atoms with E-state index in [0.29, 0.717) is 11.7 Å². The van der Waals surface area contributed by atoms with Crippen LogP contribution >= 0.6 is 12.2 Å². The van der Waals surface area contributed by atoms with E-state index in [9.17, 15) is 4.79 Å². The van der Waals surface area contributed by atoms with Crippen LogP contribution in [0.4, 0.5) is 0 Å². The van der Waals surface area contributed by atoms with Crippen LogP contribution in [0.1, 0.15) is 18.1 Å². The number of rotatable bonds is 6. The standard InChI is InChI=1S/C20H28N4O2S/c1-3-15-4-5-18-16(12-15)13-17(19(25)22-18)14-24(20(27)21-2)7-6-23-8-10-26-11-9-23/h4-5,12-13H,3,6-11,14H2,1-2H3,(H,21,27)(H,22,25)/p+1. The Kier molecular flexibility index (Phi) is 6.82. The fourth-order valence-corrected chi connectivity index (χ4v) is 3.61. The molecule has 0 bridgehead atoms. The molecule has 6 nitrogen and oxygen atoms in total. The molecule has 1 saturated heterocycles. The van der Waals surface area contributed by atoms with E-state index in [1.54, 1.807) is 0 Å². The van der Waals surface area contributed by atoms with Crippen molar-refractivity contribution in [2.75, 3.05) is 46.4 Å². The zero-order valence-corrected chi connectivity index (χ0v) is 17.0. The lowest BCUT2D eigenvalue weighted by Gasteiger charge is -2.29. The highest BCUT2D eigenvalue weighted by atomic mass is 32.1. The number of hydrogen-bond acceptors (Lipinski definition) is 3. The number of quaternary nitrogens is 1. The Labute approximate surface area is 165 Å². The maximum absolute atomic E-state index is 12.6. The quantitative estimate of drug-likeness (QED) is 0.621. The number of benzene rings is 1. The van der Waals surface area contributed by atoms with Crippen LogP contribution < -0.4 is 15.8 Å². The molecule has 0 unspecified atom stereocenters. The van der Waals surface area contributed by atoms with Crippen molar-refractivity contribution in [3.63, 3.8) is 0 Å². The van der Waals surface area contributed by atoms with E-state index < -0.39 is 0 Å². The largest absolute Gasteiger partial charge is 0.370 e. The average molecular weight is 390 g/mol. The molecule has 1 fully saturated rings. The fraction of sp³-hybridized carbons (Fsp3) is 0.500. The lowest BCUT2D eigenvalue weighted by Crippen LogP contribution is -3.14. The normalized spacial score (nSPS) is 15.0. The number of aromatic amines is 1. The zero-order valence-electron chi connectivity index (χ0n) is 16.1. The molecule has 0 amide bonds. The molecule has 3 rings (SSSR count). The van der Waals surface area contributed by atoms with Crippen molar-refractivity contribution in [3.8, 4) is 0 Å². The molecule has 1 aromatic heterocycles. The summed E-state index contributed by atoms with van der Waals surface area (Å²) in [5, 5.41) is 4.80. The second-order valence-electron chi connectivity index (χ2n) is 6.99. The second-order valence-corrected chi connectivity index (χ2v) is 7.37. The number of hydrogen-bond donors (Lipinski definition) is 3. The average Bonchev–Trinajstić information content (AvgIpc) is 2.71. The highest BCUT2D eigenvalue weighted by Crippen LogP contribution is 2.15. The van der Waals surface area contributed by atoms with E-state index in [2.05, 4.69) is 34.3 Å². The zero-order chi connectivity index (χ0) is 19.2. The van der Waals surface area contributed by atoms with Crippen LogP contribution in [0.3, 0.4) is 0 Å². The van der Waals surface area contributed by atoms with E-state index >= 15 is 0 Å². The molecule has 146 valence electrons. The number of nitrogens with zero attached hydrogens (tertiary/aromatic N) is 1. The van der Waals surface area contributed by atoms with Gasteiger partial charge in [0.1, 0.15) is 13.1 Å². The summed E-state index contributed by atoms with van der Waals surface area (Å²) in [6, 6.07) is 8.19. The van der Waals surface area contributed by atoms with Crippen LogP contribution in [0, 0.1) is 0 Å².